The number of esters is 1. The Morgan fingerprint density at radius 2 is 1.73 bits per heavy atom. The SMILES string of the molecule is CCc1ccc(C(=O)[C@H](C)OC(=O)c2ccc(OC)c([N+](=O)[O-])c2)cc1. The lowest BCUT2D eigenvalue weighted by atomic mass is 10.0. The van der Waals surface area contributed by atoms with Gasteiger partial charge in [-0.15, -0.1) is 0 Å². The zero-order chi connectivity index (χ0) is 19.3. The van der Waals surface area contributed by atoms with Crippen molar-refractivity contribution in [3.63, 3.8) is 0 Å². The molecule has 0 fully saturated rings. The molecular formula is C19H19NO6. The molecule has 0 radical (unpaired) electrons. The topological polar surface area (TPSA) is 95.7 Å². The fraction of sp³-hybridized carbons (Fsp3) is 0.263. The molecule has 136 valence electrons. The van der Waals surface area contributed by atoms with Crippen LogP contribution in [0.15, 0.2) is 42.5 Å². The van der Waals surface area contributed by atoms with Crippen molar-refractivity contribution in [2.24, 2.45) is 0 Å². The number of hydrogen-bond donors (Lipinski definition) is 0. The second kappa shape index (κ2) is 8.24. The van der Waals surface area contributed by atoms with Crippen molar-refractivity contribution >= 4 is 17.4 Å². The van der Waals surface area contributed by atoms with Gasteiger partial charge in [0.15, 0.2) is 11.9 Å². The molecule has 0 N–H and O–H groups in total. The van der Waals surface area contributed by atoms with E-state index in [4.69, 9.17) is 9.47 Å². The monoisotopic (exact) mass is 357 g/mol. The van der Waals surface area contributed by atoms with Crippen LogP contribution in [0, 0.1) is 10.1 Å². The minimum absolute atomic E-state index is 0.0292. The number of carbonyl (C=O) groups is 2. The zero-order valence-corrected chi connectivity index (χ0v) is 14.7. The summed E-state index contributed by atoms with van der Waals surface area (Å²) in [4.78, 5) is 35.0. The first-order valence-corrected chi connectivity index (χ1v) is 8.04. The summed E-state index contributed by atoms with van der Waals surface area (Å²) in [6.07, 6.45) is -0.161. The molecule has 7 heteroatoms. The van der Waals surface area contributed by atoms with Crippen molar-refractivity contribution in [3.8, 4) is 5.75 Å². The number of ether oxygens (including phenoxy) is 2. The number of ketones is 1. The van der Waals surface area contributed by atoms with Gasteiger partial charge in [-0.05, 0) is 31.0 Å². The maximum atomic E-state index is 12.4. The van der Waals surface area contributed by atoms with E-state index in [9.17, 15) is 19.7 Å². The third-order valence-corrected chi connectivity index (χ3v) is 3.91. The predicted octanol–water partition coefficient (Wildman–Crippen LogP) is 3.59. The summed E-state index contributed by atoms with van der Waals surface area (Å²) in [7, 11) is 1.30. The molecule has 0 unspecified atom stereocenters. The number of benzene rings is 2. The van der Waals surface area contributed by atoms with Crippen LogP contribution < -0.4 is 4.74 Å². The largest absolute Gasteiger partial charge is 0.490 e. The molecule has 26 heavy (non-hydrogen) atoms. The van der Waals surface area contributed by atoms with Gasteiger partial charge in [0.2, 0.25) is 5.78 Å². The summed E-state index contributed by atoms with van der Waals surface area (Å²) in [6.45, 7) is 3.47. The van der Waals surface area contributed by atoms with Gasteiger partial charge in [0.25, 0.3) is 0 Å². The first-order valence-electron chi connectivity index (χ1n) is 8.04. The molecule has 0 heterocycles. The average molecular weight is 357 g/mol. The molecule has 0 aliphatic heterocycles. The van der Waals surface area contributed by atoms with Crippen LogP contribution >= 0.6 is 0 Å². The molecule has 0 amide bonds. The number of nitro groups is 1. The lowest BCUT2D eigenvalue weighted by molar-refractivity contribution is -0.385. The lowest BCUT2D eigenvalue weighted by Gasteiger charge is -2.13. The summed E-state index contributed by atoms with van der Waals surface area (Å²) in [5, 5.41) is 11.0. The van der Waals surface area contributed by atoms with E-state index in [2.05, 4.69) is 0 Å². The fourth-order valence-corrected chi connectivity index (χ4v) is 2.38. The number of Topliss-reactive ketones (excluding diaryl/α,β-unsaturated/α-hetero) is 1. The van der Waals surface area contributed by atoms with Crippen molar-refractivity contribution in [2.75, 3.05) is 7.11 Å². The number of rotatable bonds is 7. The smallest absolute Gasteiger partial charge is 0.339 e. The van der Waals surface area contributed by atoms with Crippen LogP contribution in [-0.4, -0.2) is 29.9 Å². The van der Waals surface area contributed by atoms with Gasteiger partial charge in [-0.2, -0.15) is 0 Å². The third-order valence-electron chi connectivity index (χ3n) is 3.91. The average Bonchev–Trinajstić information content (AvgIpc) is 2.66. The van der Waals surface area contributed by atoms with Crippen molar-refractivity contribution in [1.29, 1.82) is 0 Å². The minimum Gasteiger partial charge on any atom is -0.490 e. The molecule has 0 saturated carbocycles. The van der Waals surface area contributed by atoms with E-state index in [0.717, 1.165) is 18.1 Å². The van der Waals surface area contributed by atoms with Gasteiger partial charge < -0.3 is 9.47 Å². The normalized spacial score (nSPS) is 11.5. The van der Waals surface area contributed by atoms with E-state index in [1.807, 2.05) is 19.1 Å². The van der Waals surface area contributed by atoms with Crippen LogP contribution in [0.2, 0.25) is 0 Å². The molecule has 0 aliphatic carbocycles. The van der Waals surface area contributed by atoms with Crippen molar-refractivity contribution in [1.82, 2.24) is 0 Å². The molecule has 0 aromatic heterocycles. The summed E-state index contributed by atoms with van der Waals surface area (Å²) >= 11 is 0. The van der Waals surface area contributed by atoms with Crippen molar-refractivity contribution in [3.05, 3.63) is 69.3 Å². The Kier molecular flexibility index (Phi) is 6.06. The van der Waals surface area contributed by atoms with Gasteiger partial charge >= 0.3 is 11.7 Å². The van der Waals surface area contributed by atoms with Gasteiger partial charge in [-0.25, -0.2) is 4.79 Å². The maximum absolute atomic E-state index is 12.4. The van der Waals surface area contributed by atoms with Crippen LogP contribution in [0.1, 0.15) is 40.1 Å². The second-order valence-corrected chi connectivity index (χ2v) is 5.61. The third kappa shape index (κ3) is 4.24. The molecule has 2 aromatic rings. The van der Waals surface area contributed by atoms with Crippen LogP contribution in [0.4, 0.5) is 5.69 Å². The Morgan fingerprint density at radius 3 is 2.27 bits per heavy atom. The Balaban J connectivity index is 2.14. The van der Waals surface area contributed by atoms with Gasteiger partial charge in [-0.1, -0.05) is 31.2 Å². The molecule has 0 aliphatic rings. The summed E-state index contributed by atoms with van der Waals surface area (Å²) in [5.41, 5.74) is 1.15. The van der Waals surface area contributed by atoms with Crippen LogP contribution in [0.3, 0.4) is 0 Å². The number of hydrogen-bond acceptors (Lipinski definition) is 6. The fourth-order valence-electron chi connectivity index (χ4n) is 2.38. The Hall–Kier alpha value is -3.22. The highest BCUT2D eigenvalue weighted by Gasteiger charge is 2.23. The van der Waals surface area contributed by atoms with Crippen molar-refractivity contribution < 1.29 is 24.0 Å². The Labute approximate surface area is 150 Å². The summed E-state index contributed by atoms with van der Waals surface area (Å²) in [6, 6.07) is 10.8. The summed E-state index contributed by atoms with van der Waals surface area (Å²) < 4.78 is 10.1. The number of aryl methyl sites for hydroxylation is 1. The van der Waals surface area contributed by atoms with Gasteiger partial charge in [0.1, 0.15) is 0 Å². The molecule has 1 atom stereocenters. The number of nitrogens with zero attached hydrogens (tertiary/aromatic N) is 1. The Bertz CT molecular complexity index is 828. The molecule has 0 saturated heterocycles. The van der Waals surface area contributed by atoms with E-state index >= 15 is 0 Å². The molecule has 0 spiro atoms. The predicted molar refractivity (Wildman–Crippen MR) is 94.7 cm³/mol. The quantitative estimate of drug-likeness (QED) is 0.325. The van der Waals surface area contributed by atoms with E-state index in [1.165, 1.54) is 26.2 Å². The molecule has 2 aromatic carbocycles. The van der Waals surface area contributed by atoms with E-state index in [0.29, 0.717) is 5.56 Å². The van der Waals surface area contributed by atoms with E-state index in [-0.39, 0.29) is 22.8 Å². The molecule has 7 nitrogen and oxygen atoms in total. The minimum atomic E-state index is -1.02. The van der Waals surface area contributed by atoms with Crippen molar-refractivity contribution in [2.45, 2.75) is 26.4 Å². The van der Waals surface area contributed by atoms with Crippen LogP contribution in [-0.2, 0) is 11.2 Å². The Morgan fingerprint density at radius 1 is 1.12 bits per heavy atom. The number of nitro benzene ring substituents is 1. The van der Waals surface area contributed by atoms with Gasteiger partial charge in [-0.3, -0.25) is 14.9 Å². The number of carbonyl (C=O) groups excluding carboxylic acids is 2. The standard InChI is InChI=1S/C19H19NO6/c1-4-13-5-7-14(8-6-13)18(21)12(2)26-19(22)15-9-10-17(25-3)16(11-15)20(23)24/h5-12H,4H2,1-3H3/t12-/m0/s1. The number of methoxy groups -OCH3 is 1. The van der Waals surface area contributed by atoms with Gasteiger partial charge in [0, 0.05) is 11.6 Å². The first kappa shape index (κ1) is 19.1. The zero-order valence-electron chi connectivity index (χ0n) is 14.7. The summed E-state index contributed by atoms with van der Waals surface area (Å²) in [5.74, 6) is -1.13. The highest BCUT2D eigenvalue weighted by atomic mass is 16.6. The van der Waals surface area contributed by atoms with E-state index in [1.54, 1.807) is 12.1 Å². The van der Waals surface area contributed by atoms with Gasteiger partial charge in [0.05, 0.1) is 17.6 Å². The molecule has 2 rings (SSSR count). The van der Waals surface area contributed by atoms with E-state index < -0.39 is 17.0 Å². The highest BCUT2D eigenvalue weighted by molar-refractivity contribution is 6.01. The lowest BCUT2D eigenvalue weighted by Crippen LogP contribution is -2.24. The highest BCUT2D eigenvalue weighted by Crippen LogP contribution is 2.28. The van der Waals surface area contributed by atoms with Crippen LogP contribution in [0.5, 0.6) is 5.75 Å². The maximum Gasteiger partial charge on any atom is 0.339 e. The van der Waals surface area contributed by atoms with Crippen LogP contribution in [0.25, 0.3) is 0 Å². The molecular weight excluding hydrogens is 338 g/mol. The first-order chi connectivity index (χ1) is 12.4. The second-order valence-electron chi connectivity index (χ2n) is 5.61. The molecule has 0 bridgehead atoms.